The molecule has 2 heterocycles. The van der Waals surface area contributed by atoms with Crippen LogP contribution in [0.15, 0.2) is 29.2 Å². The lowest BCUT2D eigenvalue weighted by atomic mass is 10.2. The minimum atomic E-state index is -0.972. The first-order chi connectivity index (χ1) is 9.08. The van der Waals surface area contributed by atoms with Gasteiger partial charge in [0.15, 0.2) is 0 Å². The molecule has 1 aliphatic heterocycles. The summed E-state index contributed by atoms with van der Waals surface area (Å²) in [6.07, 6.45) is 1.64. The van der Waals surface area contributed by atoms with Crippen molar-refractivity contribution in [2.24, 2.45) is 0 Å². The fraction of sp³-hybridized carbons (Fsp3) is 0.417. The van der Waals surface area contributed by atoms with Gasteiger partial charge in [0.2, 0.25) is 5.91 Å². The minimum Gasteiger partial charge on any atom is -0.480 e. The lowest BCUT2D eigenvalue weighted by Crippen LogP contribution is -2.58. The molecule has 0 saturated carbocycles. The van der Waals surface area contributed by atoms with Gasteiger partial charge in [0.25, 0.3) is 5.56 Å². The largest absolute Gasteiger partial charge is 0.480 e. The van der Waals surface area contributed by atoms with Gasteiger partial charge in [0.05, 0.1) is 6.54 Å². The Hall–Kier alpha value is -2.15. The van der Waals surface area contributed by atoms with Gasteiger partial charge in [-0.3, -0.25) is 19.3 Å². The number of pyridine rings is 1. The summed E-state index contributed by atoms with van der Waals surface area (Å²) in [5, 5.41) is 11.6. The van der Waals surface area contributed by atoms with Crippen molar-refractivity contribution in [3.05, 3.63) is 34.7 Å². The molecule has 1 unspecified atom stereocenters. The van der Waals surface area contributed by atoms with Crippen LogP contribution < -0.4 is 10.9 Å². The molecule has 7 heteroatoms. The van der Waals surface area contributed by atoms with Crippen molar-refractivity contribution >= 4 is 11.9 Å². The zero-order valence-corrected chi connectivity index (χ0v) is 10.3. The number of carboxylic acids is 1. The van der Waals surface area contributed by atoms with Gasteiger partial charge in [-0.25, -0.2) is 0 Å². The summed E-state index contributed by atoms with van der Waals surface area (Å²) < 4.78 is 1.49. The Kier molecular flexibility index (Phi) is 3.96. The molecule has 1 aromatic heterocycles. The number of carboxylic acid groups (broad SMARTS) is 1. The van der Waals surface area contributed by atoms with Gasteiger partial charge in [-0.1, -0.05) is 6.07 Å². The summed E-state index contributed by atoms with van der Waals surface area (Å²) >= 11 is 0. The lowest BCUT2D eigenvalue weighted by Gasteiger charge is -2.32. The minimum absolute atomic E-state index is 0.0402. The van der Waals surface area contributed by atoms with Crippen LogP contribution in [0.25, 0.3) is 0 Å². The molecule has 1 fully saturated rings. The van der Waals surface area contributed by atoms with E-state index in [1.54, 1.807) is 23.2 Å². The molecule has 1 atom stereocenters. The van der Waals surface area contributed by atoms with Crippen molar-refractivity contribution < 1.29 is 14.7 Å². The number of nitrogens with zero attached hydrogens (tertiary/aromatic N) is 2. The first kappa shape index (κ1) is 13.3. The molecule has 7 nitrogen and oxygen atoms in total. The van der Waals surface area contributed by atoms with Gasteiger partial charge in [-0.15, -0.1) is 0 Å². The van der Waals surface area contributed by atoms with Crippen molar-refractivity contribution in [3.8, 4) is 0 Å². The molecule has 0 aromatic carbocycles. The summed E-state index contributed by atoms with van der Waals surface area (Å²) in [6.45, 7) is 0.835. The SMILES string of the molecule is O=C1CN(CCn2ccccc2=O)C(C(=O)O)CN1. The van der Waals surface area contributed by atoms with Crippen molar-refractivity contribution in [2.45, 2.75) is 12.6 Å². The smallest absolute Gasteiger partial charge is 0.322 e. The Bertz CT molecular complexity index is 540. The number of hydrogen-bond acceptors (Lipinski definition) is 4. The zero-order valence-electron chi connectivity index (χ0n) is 10.3. The van der Waals surface area contributed by atoms with E-state index in [4.69, 9.17) is 5.11 Å². The third-order valence-electron chi connectivity index (χ3n) is 3.09. The second-order valence-corrected chi connectivity index (χ2v) is 4.36. The van der Waals surface area contributed by atoms with Gasteiger partial charge in [0.1, 0.15) is 6.04 Å². The second kappa shape index (κ2) is 5.66. The van der Waals surface area contributed by atoms with Crippen LogP contribution >= 0.6 is 0 Å². The Labute approximate surface area is 109 Å². The van der Waals surface area contributed by atoms with Crippen LogP contribution in [0, 0.1) is 0 Å². The van der Waals surface area contributed by atoms with Crippen LogP contribution in [0.1, 0.15) is 0 Å². The molecule has 2 rings (SSSR count). The normalized spacial score (nSPS) is 20.0. The number of nitrogens with one attached hydrogen (secondary N) is 1. The van der Waals surface area contributed by atoms with E-state index in [0.717, 1.165) is 0 Å². The fourth-order valence-corrected chi connectivity index (χ4v) is 2.05. The van der Waals surface area contributed by atoms with Crippen LogP contribution in [0.2, 0.25) is 0 Å². The third kappa shape index (κ3) is 3.19. The summed E-state index contributed by atoms with van der Waals surface area (Å²) in [7, 11) is 0. The highest BCUT2D eigenvalue weighted by Crippen LogP contribution is 2.04. The standard InChI is InChI=1S/C12H15N3O4/c16-10-8-15(9(7-13-10)12(18)19)6-5-14-4-2-1-3-11(14)17/h1-4,9H,5-8H2,(H,13,16)(H,18,19). The first-order valence-corrected chi connectivity index (χ1v) is 5.97. The summed E-state index contributed by atoms with van der Waals surface area (Å²) in [5.41, 5.74) is -0.143. The molecule has 102 valence electrons. The predicted molar refractivity (Wildman–Crippen MR) is 66.7 cm³/mol. The maximum atomic E-state index is 11.5. The van der Waals surface area contributed by atoms with E-state index in [2.05, 4.69) is 5.32 Å². The number of carbonyl (C=O) groups is 2. The number of carbonyl (C=O) groups excluding carboxylic acids is 1. The highest BCUT2D eigenvalue weighted by molar-refractivity contribution is 5.83. The average Bonchev–Trinajstić information content (AvgIpc) is 2.37. The van der Waals surface area contributed by atoms with Crippen LogP contribution in [0.3, 0.4) is 0 Å². The number of aliphatic carboxylic acids is 1. The molecule has 1 aromatic rings. The monoisotopic (exact) mass is 265 g/mol. The first-order valence-electron chi connectivity index (χ1n) is 5.97. The van der Waals surface area contributed by atoms with Crippen molar-refractivity contribution in [1.82, 2.24) is 14.8 Å². The highest BCUT2D eigenvalue weighted by Gasteiger charge is 2.31. The molecule has 0 bridgehead atoms. The van der Waals surface area contributed by atoms with Gasteiger partial charge >= 0.3 is 5.97 Å². The van der Waals surface area contributed by atoms with Gasteiger partial charge in [-0.2, -0.15) is 0 Å². The van der Waals surface area contributed by atoms with Crippen LogP contribution in [-0.2, 0) is 16.1 Å². The number of rotatable bonds is 4. The number of aromatic nitrogens is 1. The van der Waals surface area contributed by atoms with E-state index < -0.39 is 12.0 Å². The number of hydrogen-bond donors (Lipinski definition) is 2. The Balaban J connectivity index is 2.03. The topological polar surface area (TPSA) is 91.6 Å². The van der Waals surface area contributed by atoms with Crippen molar-refractivity contribution in [3.63, 3.8) is 0 Å². The molecule has 0 radical (unpaired) electrons. The van der Waals surface area contributed by atoms with E-state index >= 15 is 0 Å². The Morgan fingerprint density at radius 2 is 2.16 bits per heavy atom. The molecule has 0 spiro atoms. The van der Waals surface area contributed by atoms with E-state index in [0.29, 0.717) is 13.1 Å². The summed E-state index contributed by atoms with van der Waals surface area (Å²) in [6, 6.07) is 4.08. The molecule has 0 aliphatic carbocycles. The molecule has 1 aliphatic rings. The molecule has 2 N–H and O–H groups in total. The summed E-state index contributed by atoms with van der Waals surface area (Å²) in [5.74, 6) is -1.17. The molecule has 1 amide bonds. The van der Waals surface area contributed by atoms with Crippen LogP contribution in [0.4, 0.5) is 0 Å². The molecular formula is C12H15N3O4. The van der Waals surface area contributed by atoms with Crippen LogP contribution in [0.5, 0.6) is 0 Å². The predicted octanol–water partition coefficient (Wildman–Crippen LogP) is -1.27. The van der Waals surface area contributed by atoms with Crippen molar-refractivity contribution in [2.75, 3.05) is 19.6 Å². The highest BCUT2D eigenvalue weighted by atomic mass is 16.4. The van der Waals surface area contributed by atoms with Gasteiger partial charge < -0.3 is 15.0 Å². The quantitative estimate of drug-likeness (QED) is 0.708. The van der Waals surface area contributed by atoms with E-state index in [-0.39, 0.29) is 24.6 Å². The maximum Gasteiger partial charge on any atom is 0.322 e. The molecule has 19 heavy (non-hydrogen) atoms. The van der Waals surface area contributed by atoms with Gasteiger partial charge in [0, 0.05) is 31.9 Å². The molecule has 1 saturated heterocycles. The lowest BCUT2D eigenvalue weighted by molar-refractivity contribution is -0.146. The summed E-state index contributed by atoms with van der Waals surface area (Å²) in [4.78, 5) is 35.5. The fourth-order valence-electron chi connectivity index (χ4n) is 2.05. The van der Waals surface area contributed by atoms with E-state index in [1.165, 1.54) is 10.6 Å². The van der Waals surface area contributed by atoms with Gasteiger partial charge in [-0.05, 0) is 6.07 Å². The third-order valence-corrected chi connectivity index (χ3v) is 3.09. The zero-order chi connectivity index (χ0) is 13.8. The van der Waals surface area contributed by atoms with E-state index in [1.807, 2.05) is 0 Å². The number of piperazine rings is 1. The van der Waals surface area contributed by atoms with E-state index in [9.17, 15) is 14.4 Å². The molecular weight excluding hydrogens is 250 g/mol. The second-order valence-electron chi connectivity index (χ2n) is 4.36. The van der Waals surface area contributed by atoms with Crippen LogP contribution in [-0.4, -0.2) is 52.1 Å². The number of amides is 1. The Morgan fingerprint density at radius 3 is 2.84 bits per heavy atom. The van der Waals surface area contributed by atoms with Crippen molar-refractivity contribution in [1.29, 1.82) is 0 Å². The average molecular weight is 265 g/mol. The maximum absolute atomic E-state index is 11.5. The Morgan fingerprint density at radius 1 is 1.37 bits per heavy atom.